The number of carboxylic acid groups (broad SMARTS) is 1. The molecule has 3 rings (SSSR count). The van der Waals surface area contributed by atoms with Crippen molar-refractivity contribution >= 4 is 27.0 Å². The molecule has 2 aromatic carbocycles. The Hall–Kier alpha value is -2.87. The van der Waals surface area contributed by atoms with Gasteiger partial charge in [-0.1, -0.05) is 48.5 Å². The lowest BCUT2D eigenvalue weighted by Crippen LogP contribution is -2.43. The number of hydrogen-bond acceptors (Lipinski definition) is 5. The summed E-state index contributed by atoms with van der Waals surface area (Å²) in [5.74, 6) is -0.948. The van der Waals surface area contributed by atoms with Crippen LogP contribution in [-0.4, -0.2) is 31.3 Å². The van der Waals surface area contributed by atoms with Crippen molar-refractivity contribution in [3.8, 4) is 0 Å². The van der Waals surface area contributed by atoms with E-state index in [1.54, 1.807) is 36.4 Å². The van der Waals surface area contributed by atoms with E-state index >= 15 is 0 Å². The molecule has 154 valence electrons. The predicted molar refractivity (Wildman–Crippen MR) is 108 cm³/mol. The van der Waals surface area contributed by atoms with Gasteiger partial charge < -0.3 is 9.84 Å². The SMILES string of the molecule is O=C(O)CCC[C@@H]1Cc2ccccc2N(S(=O)(=O)C(=O)OCc2ccccc2)C1. The van der Waals surface area contributed by atoms with Crippen LogP contribution in [-0.2, 0) is 32.6 Å². The van der Waals surface area contributed by atoms with Gasteiger partial charge in [0.1, 0.15) is 6.61 Å². The molecular formula is C21H23NO6S. The third kappa shape index (κ3) is 5.14. The zero-order valence-corrected chi connectivity index (χ0v) is 16.7. The number of anilines is 1. The van der Waals surface area contributed by atoms with E-state index in [-0.39, 0.29) is 25.5 Å². The third-order valence-corrected chi connectivity index (χ3v) is 6.36. The van der Waals surface area contributed by atoms with Gasteiger partial charge in [-0.3, -0.25) is 9.10 Å². The van der Waals surface area contributed by atoms with Crippen LogP contribution in [0, 0.1) is 5.92 Å². The summed E-state index contributed by atoms with van der Waals surface area (Å²) in [7, 11) is -4.36. The molecule has 1 aliphatic rings. The number of rotatable bonds is 7. The fraction of sp³-hybridized carbons (Fsp3) is 0.333. The Morgan fingerprint density at radius 2 is 1.76 bits per heavy atom. The maximum atomic E-state index is 13.0. The molecule has 1 aliphatic heterocycles. The van der Waals surface area contributed by atoms with Crippen molar-refractivity contribution in [2.75, 3.05) is 10.8 Å². The minimum Gasteiger partial charge on any atom is -0.481 e. The Bertz CT molecular complexity index is 974. The van der Waals surface area contributed by atoms with Gasteiger partial charge in [0.05, 0.1) is 5.69 Å². The first-order chi connectivity index (χ1) is 13.9. The van der Waals surface area contributed by atoms with Gasteiger partial charge in [-0.25, -0.2) is 4.79 Å². The zero-order chi connectivity index (χ0) is 20.9. The molecule has 0 radical (unpaired) electrons. The first kappa shape index (κ1) is 20.9. The van der Waals surface area contributed by atoms with Crippen LogP contribution in [0.3, 0.4) is 0 Å². The van der Waals surface area contributed by atoms with Crippen LogP contribution >= 0.6 is 0 Å². The highest BCUT2D eigenvalue weighted by molar-refractivity contribution is 8.06. The molecule has 29 heavy (non-hydrogen) atoms. The second-order valence-corrected chi connectivity index (χ2v) is 8.77. The lowest BCUT2D eigenvalue weighted by atomic mass is 9.90. The number of fused-ring (bicyclic) bond motifs is 1. The van der Waals surface area contributed by atoms with Gasteiger partial charge in [0.15, 0.2) is 0 Å². The minimum atomic E-state index is -4.36. The number of hydrogen-bond donors (Lipinski definition) is 1. The lowest BCUT2D eigenvalue weighted by molar-refractivity contribution is -0.137. The van der Waals surface area contributed by atoms with E-state index in [9.17, 15) is 18.0 Å². The summed E-state index contributed by atoms with van der Waals surface area (Å²) in [6.45, 7) is -0.00413. The second kappa shape index (κ2) is 9.09. The number of para-hydroxylation sites is 1. The number of benzene rings is 2. The van der Waals surface area contributed by atoms with Gasteiger partial charge in [0.2, 0.25) is 0 Å². The molecule has 0 aliphatic carbocycles. The van der Waals surface area contributed by atoms with Crippen molar-refractivity contribution in [2.45, 2.75) is 32.3 Å². The fourth-order valence-corrected chi connectivity index (χ4v) is 4.71. The first-order valence-corrected chi connectivity index (χ1v) is 10.8. The topological polar surface area (TPSA) is 101 Å². The van der Waals surface area contributed by atoms with Crippen LogP contribution in [0.5, 0.6) is 0 Å². The summed E-state index contributed by atoms with van der Waals surface area (Å²) >= 11 is 0. The average Bonchev–Trinajstić information content (AvgIpc) is 2.71. The number of nitrogens with zero attached hydrogens (tertiary/aromatic N) is 1. The Kier molecular flexibility index (Phi) is 6.53. The normalized spacial score (nSPS) is 16.1. The molecule has 0 aromatic heterocycles. The highest BCUT2D eigenvalue weighted by Gasteiger charge is 2.37. The third-order valence-electron chi connectivity index (χ3n) is 4.90. The number of ether oxygens (including phenoxy) is 1. The molecule has 1 heterocycles. The van der Waals surface area contributed by atoms with Gasteiger partial charge in [-0.15, -0.1) is 0 Å². The lowest BCUT2D eigenvalue weighted by Gasteiger charge is -2.34. The maximum absolute atomic E-state index is 13.0. The highest BCUT2D eigenvalue weighted by atomic mass is 32.2. The number of carbonyl (C=O) groups is 2. The molecule has 0 amide bonds. The van der Waals surface area contributed by atoms with Crippen molar-refractivity contribution in [3.05, 3.63) is 65.7 Å². The molecule has 0 saturated carbocycles. The number of aliphatic carboxylic acids is 1. The molecule has 0 fully saturated rings. The van der Waals surface area contributed by atoms with E-state index in [2.05, 4.69) is 0 Å². The molecule has 2 aromatic rings. The Balaban J connectivity index is 1.76. The second-order valence-electron chi connectivity index (χ2n) is 7.05. The van der Waals surface area contributed by atoms with Crippen LogP contribution in [0.4, 0.5) is 10.5 Å². The van der Waals surface area contributed by atoms with Crippen LogP contribution in [0.1, 0.15) is 30.4 Å². The van der Waals surface area contributed by atoms with E-state index in [0.29, 0.717) is 30.5 Å². The van der Waals surface area contributed by atoms with Gasteiger partial charge in [-0.2, -0.15) is 8.42 Å². The number of sulfonamides is 1. The first-order valence-electron chi connectivity index (χ1n) is 9.41. The molecule has 0 unspecified atom stereocenters. The number of carboxylic acids is 1. The summed E-state index contributed by atoms with van der Waals surface area (Å²) in [4.78, 5) is 23.2. The summed E-state index contributed by atoms with van der Waals surface area (Å²) < 4.78 is 32.1. The molecule has 0 bridgehead atoms. The molecule has 7 nitrogen and oxygen atoms in total. The van der Waals surface area contributed by atoms with Gasteiger partial charge in [0.25, 0.3) is 0 Å². The van der Waals surface area contributed by atoms with Gasteiger partial charge in [0, 0.05) is 13.0 Å². The quantitative estimate of drug-likeness (QED) is 0.691. The molecule has 8 heteroatoms. The Labute approximate surface area is 170 Å². The average molecular weight is 417 g/mol. The molecule has 0 saturated heterocycles. The smallest absolute Gasteiger partial charge is 0.445 e. The van der Waals surface area contributed by atoms with Crippen LogP contribution in [0.2, 0.25) is 0 Å². The number of carbonyl (C=O) groups excluding carboxylic acids is 1. The molecule has 0 spiro atoms. The van der Waals surface area contributed by atoms with E-state index in [1.807, 2.05) is 18.2 Å². The van der Waals surface area contributed by atoms with Crippen molar-refractivity contribution in [3.63, 3.8) is 0 Å². The van der Waals surface area contributed by atoms with Crippen molar-refractivity contribution in [1.82, 2.24) is 0 Å². The van der Waals surface area contributed by atoms with Crippen LogP contribution < -0.4 is 4.31 Å². The van der Waals surface area contributed by atoms with E-state index in [0.717, 1.165) is 9.87 Å². The summed E-state index contributed by atoms with van der Waals surface area (Å²) in [6, 6.07) is 15.9. The van der Waals surface area contributed by atoms with E-state index in [4.69, 9.17) is 9.84 Å². The molecule has 1 N–H and O–H groups in total. The van der Waals surface area contributed by atoms with Gasteiger partial charge >= 0.3 is 21.3 Å². The monoisotopic (exact) mass is 417 g/mol. The van der Waals surface area contributed by atoms with Crippen LogP contribution in [0.25, 0.3) is 0 Å². The molecule has 1 atom stereocenters. The predicted octanol–water partition coefficient (Wildman–Crippen LogP) is 3.59. The standard InChI is InChI=1S/C21H23NO6S/c23-20(24)12-6-9-17-13-18-10-4-5-11-19(18)22(14-17)29(26,27)21(25)28-15-16-7-2-1-3-8-16/h1-5,7-8,10-11,17H,6,9,12-15H2,(H,23,24)/t17-/m1/s1. The van der Waals surface area contributed by atoms with Crippen molar-refractivity contribution in [1.29, 1.82) is 0 Å². The van der Waals surface area contributed by atoms with Crippen molar-refractivity contribution in [2.24, 2.45) is 5.92 Å². The zero-order valence-electron chi connectivity index (χ0n) is 15.9. The largest absolute Gasteiger partial charge is 0.481 e. The Morgan fingerprint density at radius 1 is 1.07 bits per heavy atom. The Morgan fingerprint density at radius 3 is 2.48 bits per heavy atom. The maximum Gasteiger partial charge on any atom is 0.445 e. The highest BCUT2D eigenvalue weighted by Crippen LogP contribution is 2.34. The van der Waals surface area contributed by atoms with Crippen LogP contribution in [0.15, 0.2) is 54.6 Å². The fourth-order valence-electron chi connectivity index (χ4n) is 3.48. The summed E-state index contributed by atoms with van der Waals surface area (Å²) in [5, 5.41) is 7.55. The minimum absolute atomic E-state index is 0.0318. The van der Waals surface area contributed by atoms with E-state index < -0.39 is 21.3 Å². The summed E-state index contributed by atoms with van der Waals surface area (Å²) in [5.41, 5.74) is 1.98. The van der Waals surface area contributed by atoms with E-state index in [1.165, 1.54) is 0 Å². The van der Waals surface area contributed by atoms with Crippen molar-refractivity contribution < 1.29 is 27.9 Å². The molecular weight excluding hydrogens is 394 g/mol. The summed E-state index contributed by atoms with van der Waals surface area (Å²) in [6.07, 6.45) is 1.69. The van der Waals surface area contributed by atoms with Gasteiger partial charge in [-0.05, 0) is 42.4 Å².